The predicted octanol–water partition coefficient (Wildman–Crippen LogP) is 0.771. The molecular weight excluding hydrogens is 418 g/mol. The molecule has 0 aliphatic heterocycles. The maximum absolute atomic E-state index is 8.52. The monoisotopic (exact) mass is 458 g/mol. The third-order valence-electron chi connectivity index (χ3n) is 4.91. The molecule has 1 aromatic carbocycles. The molecule has 0 N–H and O–H groups in total. The van der Waals surface area contributed by atoms with Gasteiger partial charge in [-0.15, -0.1) is 0 Å². The molecule has 0 saturated heterocycles. The fourth-order valence-corrected chi connectivity index (χ4v) is 3.35. The fraction of sp³-hybridized carbons (Fsp3) is 0.739. The quantitative estimate of drug-likeness (QED) is 0.159. The third kappa shape index (κ3) is 33.7. The minimum absolute atomic E-state index is 0. The maximum Gasteiger partial charge on any atom is 1.00 e. The first-order valence-electron chi connectivity index (χ1n) is 11.1. The molecule has 4 nitrogen and oxygen atoms in total. The van der Waals surface area contributed by atoms with E-state index in [4.69, 9.17) is 17.5 Å². The van der Waals surface area contributed by atoms with Gasteiger partial charge in [0.25, 0.3) is 0 Å². The van der Waals surface area contributed by atoms with E-state index in [2.05, 4.69) is 37.3 Å². The molecule has 1 rings (SSSR count). The van der Waals surface area contributed by atoms with Crippen LogP contribution in [0.2, 0.25) is 0 Å². The fourth-order valence-electron chi connectivity index (χ4n) is 3.35. The van der Waals surface area contributed by atoms with Crippen molar-refractivity contribution in [3.8, 4) is 0 Å². The SMILES string of the molecule is CCCCCCCCCCCCCCCCCc1ccccc1.O=S(=O)([O-])[O-].[Na+].[Na+]. The second kappa shape index (κ2) is 26.3. The summed E-state index contributed by atoms with van der Waals surface area (Å²) in [6.07, 6.45) is 22.9. The van der Waals surface area contributed by atoms with Gasteiger partial charge in [0, 0.05) is 10.4 Å². The van der Waals surface area contributed by atoms with E-state index in [1.807, 2.05) is 0 Å². The zero-order valence-electron chi connectivity index (χ0n) is 19.7. The van der Waals surface area contributed by atoms with Crippen LogP contribution < -0.4 is 59.1 Å². The Morgan fingerprint density at radius 1 is 0.600 bits per heavy atom. The molecule has 0 unspecified atom stereocenters. The molecule has 0 spiro atoms. The minimum Gasteiger partial charge on any atom is -0.759 e. The Bertz CT molecular complexity index is 531. The number of unbranched alkanes of at least 4 members (excludes halogenated alkanes) is 14. The van der Waals surface area contributed by atoms with Crippen LogP contribution in [0, 0.1) is 0 Å². The van der Waals surface area contributed by atoms with Crippen LogP contribution in [0.1, 0.15) is 109 Å². The van der Waals surface area contributed by atoms with Gasteiger partial charge in [0.1, 0.15) is 0 Å². The van der Waals surface area contributed by atoms with Crippen molar-refractivity contribution in [3.05, 3.63) is 35.9 Å². The van der Waals surface area contributed by atoms with E-state index in [-0.39, 0.29) is 59.1 Å². The Morgan fingerprint density at radius 2 is 0.900 bits per heavy atom. The van der Waals surface area contributed by atoms with Gasteiger partial charge in [-0.25, -0.2) is 0 Å². The molecule has 7 heteroatoms. The molecule has 0 bridgehead atoms. The average Bonchev–Trinajstić information content (AvgIpc) is 2.64. The number of rotatable bonds is 16. The molecule has 0 aliphatic carbocycles. The summed E-state index contributed by atoms with van der Waals surface area (Å²) in [5.41, 5.74) is 1.50. The molecule has 0 heterocycles. The summed E-state index contributed by atoms with van der Waals surface area (Å²) in [4.78, 5) is 0. The summed E-state index contributed by atoms with van der Waals surface area (Å²) in [5, 5.41) is 0. The van der Waals surface area contributed by atoms with Crippen LogP contribution >= 0.6 is 0 Å². The van der Waals surface area contributed by atoms with Crippen molar-refractivity contribution in [2.45, 2.75) is 110 Å². The van der Waals surface area contributed by atoms with Gasteiger partial charge in [0.05, 0.1) is 0 Å². The van der Waals surface area contributed by atoms with Gasteiger partial charge in [-0.05, 0) is 18.4 Å². The van der Waals surface area contributed by atoms with Gasteiger partial charge in [-0.1, -0.05) is 127 Å². The molecule has 0 amide bonds. The minimum atomic E-state index is -5.17. The van der Waals surface area contributed by atoms with E-state index in [0.29, 0.717) is 0 Å². The first-order valence-corrected chi connectivity index (χ1v) is 12.5. The molecule has 0 saturated carbocycles. The second-order valence-corrected chi connectivity index (χ2v) is 8.41. The Balaban J connectivity index is -0.000000930. The molecule has 0 fully saturated rings. The Hall–Kier alpha value is 1.09. The van der Waals surface area contributed by atoms with Crippen molar-refractivity contribution >= 4 is 10.4 Å². The maximum atomic E-state index is 8.52. The van der Waals surface area contributed by atoms with E-state index < -0.39 is 10.4 Å². The smallest absolute Gasteiger partial charge is 0.759 e. The Morgan fingerprint density at radius 3 is 1.23 bits per heavy atom. The van der Waals surface area contributed by atoms with E-state index in [1.54, 1.807) is 0 Å². The molecule has 0 aliphatic rings. The van der Waals surface area contributed by atoms with E-state index in [0.717, 1.165) is 0 Å². The van der Waals surface area contributed by atoms with Crippen molar-refractivity contribution in [1.82, 2.24) is 0 Å². The van der Waals surface area contributed by atoms with Crippen molar-refractivity contribution in [3.63, 3.8) is 0 Å². The van der Waals surface area contributed by atoms with Crippen molar-refractivity contribution in [2.75, 3.05) is 0 Å². The van der Waals surface area contributed by atoms with Gasteiger partial charge in [0.2, 0.25) is 0 Å². The number of aryl methyl sites for hydroxylation is 1. The summed E-state index contributed by atoms with van der Waals surface area (Å²) >= 11 is 0. The largest absolute Gasteiger partial charge is 1.00 e. The van der Waals surface area contributed by atoms with Crippen LogP contribution in [0.3, 0.4) is 0 Å². The van der Waals surface area contributed by atoms with E-state index in [9.17, 15) is 0 Å². The van der Waals surface area contributed by atoms with Crippen LogP contribution in [0.5, 0.6) is 0 Å². The standard InChI is InChI=1S/C23H40.2Na.H2O4S/c1-2-3-4-5-6-7-8-9-10-11-12-13-14-15-17-20-23-21-18-16-19-22-23;;;1-5(2,3)4/h16,18-19,21-22H,2-15,17,20H2,1H3;;;(H2,1,2,3,4)/q;2*+1;/p-2. The molecule has 0 aromatic heterocycles. The van der Waals surface area contributed by atoms with Crippen LogP contribution in [0.4, 0.5) is 0 Å². The summed E-state index contributed by atoms with van der Waals surface area (Å²) in [5.74, 6) is 0. The molecule has 164 valence electrons. The first kappa shape index (κ1) is 35.7. The number of hydrogen-bond donors (Lipinski definition) is 0. The molecule has 0 radical (unpaired) electrons. The third-order valence-corrected chi connectivity index (χ3v) is 4.91. The predicted molar refractivity (Wildman–Crippen MR) is 116 cm³/mol. The topological polar surface area (TPSA) is 80.3 Å². The number of hydrogen-bond acceptors (Lipinski definition) is 4. The van der Waals surface area contributed by atoms with Crippen LogP contribution in [0.15, 0.2) is 30.3 Å². The van der Waals surface area contributed by atoms with Crippen LogP contribution in [-0.4, -0.2) is 17.5 Å². The van der Waals surface area contributed by atoms with E-state index in [1.165, 1.54) is 108 Å². The van der Waals surface area contributed by atoms with Gasteiger partial charge >= 0.3 is 59.1 Å². The molecule has 30 heavy (non-hydrogen) atoms. The normalized spacial score (nSPS) is 10.4. The van der Waals surface area contributed by atoms with Crippen molar-refractivity contribution < 1.29 is 76.6 Å². The van der Waals surface area contributed by atoms with Crippen LogP contribution in [-0.2, 0) is 16.8 Å². The van der Waals surface area contributed by atoms with Crippen molar-refractivity contribution in [2.24, 2.45) is 0 Å². The molecular formula is C23H40Na2O4S. The zero-order valence-corrected chi connectivity index (χ0v) is 24.6. The molecule has 0 atom stereocenters. The zero-order chi connectivity index (χ0) is 20.9. The summed E-state index contributed by atoms with van der Waals surface area (Å²) in [6, 6.07) is 10.9. The first-order chi connectivity index (χ1) is 13.4. The van der Waals surface area contributed by atoms with E-state index >= 15 is 0 Å². The summed E-state index contributed by atoms with van der Waals surface area (Å²) < 4.78 is 34.1. The van der Waals surface area contributed by atoms with Gasteiger partial charge in [0.15, 0.2) is 0 Å². The number of benzene rings is 1. The Labute approximate surface area is 230 Å². The summed E-state index contributed by atoms with van der Waals surface area (Å²) in [6.45, 7) is 2.29. The van der Waals surface area contributed by atoms with Gasteiger partial charge in [-0.3, -0.25) is 8.42 Å². The van der Waals surface area contributed by atoms with Crippen LogP contribution in [0.25, 0.3) is 0 Å². The molecule has 1 aromatic rings. The van der Waals surface area contributed by atoms with Crippen molar-refractivity contribution in [1.29, 1.82) is 0 Å². The average molecular weight is 459 g/mol. The van der Waals surface area contributed by atoms with Gasteiger partial charge in [-0.2, -0.15) is 0 Å². The Kier molecular flexibility index (Phi) is 31.3. The second-order valence-electron chi connectivity index (χ2n) is 7.59. The van der Waals surface area contributed by atoms with Gasteiger partial charge < -0.3 is 9.11 Å². The summed E-state index contributed by atoms with van der Waals surface area (Å²) in [7, 11) is -5.17.